The molecule has 5 aromatic rings. The van der Waals surface area contributed by atoms with Crippen LogP contribution in [0, 0.1) is 24.6 Å². The van der Waals surface area contributed by atoms with Gasteiger partial charge in [0, 0.05) is 40.5 Å². The van der Waals surface area contributed by atoms with Gasteiger partial charge >= 0.3 is 0 Å². The Kier molecular flexibility index (Phi) is 9.62. The van der Waals surface area contributed by atoms with Crippen molar-refractivity contribution in [1.29, 1.82) is 0 Å². The van der Waals surface area contributed by atoms with E-state index in [-0.39, 0.29) is 19.9 Å². The summed E-state index contributed by atoms with van der Waals surface area (Å²) in [5.74, 6) is 6.01. The number of nitrogens with zero attached hydrogens (tertiary/aromatic N) is 1. The van der Waals surface area contributed by atoms with Gasteiger partial charge in [0.25, 0.3) is 0 Å². The highest BCUT2D eigenvalue weighted by atomic mass is 32.2. The summed E-state index contributed by atoms with van der Waals surface area (Å²) in [6, 6.07) is 25.7. The second kappa shape index (κ2) is 13.3. The minimum atomic E-state index is -1.39. The predicted octanol–water partition coefficient (Wildman–Crippen LogP) is 8.10. The van der Waals surface area contributed by atoms with Crippen LogP contribution in [0.3, 0.4) is 0 Å². The lowest BCUT2D eigenvalue weighted by molar-refractivity contribution is 0.305. The van der Waals surface area contributed by atoms with Crippen LogP contribution in [-0.4, -0.2) is 20.9 Å². The molecular formula is C33H29FN2O2S2. The van der Waals surface area contributed by atoms with Crippen LogP contribution in [0.1, 0.15) is 24.3 Å². The Morgan fingerprint density at radius 2 is 1.50 bits per heavy atom. The molecule has 0 saturated heterocycles. The third-order valence-corrected chi connectivity index (χ3v) is 8.32. The summed E-state index contributed by atoms with van der Waals surface area (Å²) >= 11 is 1.54. The Hall–Kier alpha value is -4.09. The molecular weight excluding hydrogens is 540 g/mol. The van der Waals surface area contributed by atoms with Crippen molar-refractivity contribution in [3.8, 4) is 44.5 Å². The quantitative estimate of drug-likeness (QED) is 0.195. The molecule has 2 heterocycles. The fourth-order valence-electron chi connectivity index (χ4n) is 4.12. The molecule has 1 atom stereocenters. The van der Waals surface area contributed by atoms with Crippen LogP contribution in [0.25, 0.3) is 32.7 Å². The summed E-state index contributed by atoms with van der Waals surface area (Å²) < 4.78 is 29.7. The van der Waals surface area contributed by atoms with E-state index in [1.165, 1.54) is 23.5 Å². The van der Waals surface area contributed by atoms with Crippen molar-refractivity contribution in [2.45, 2.75) is 25.7 Å². The predicted molar refractivity (Wildman–Crippen MR) is 165 cm³/mol. The fourth-order valence-corrected chi connectivity index (χ4v) is 6.20. The topological polar surface area (TPSA) is 62.2 Å². The van der Waals surface area contributed by atoms with Gasteiger partial charge in [-0.1, -0.05) is 61.2 Å². The number of anilines is 1. The second-order valence-electron chi connectivity index (χ2n) is 8.79. The van der Waals surface area contributed by atoms with Crippen LogP contribution in [0.2, 0.25) is 0 Å². The van der Waals surface area contributed by atoms with Crippen molar-refractivity contribution < 1.29 is 13.7 Å². The van der Waals surface area contributed by atoms with Gasteiger partial charge in [-0.2, -0.15) is 0 Å². The van der Waals surface area contributed by atoms with Gasteiger partial charge in [0.05, 0.1) is 16.4 Å². The maximum absolute atomic E-state index is 13.8. The third kappa shape index (κ3) is 6.54. The molecule has 5 rings (SSSR count). The standard InChI is InChI=1S/C32H25FN2O2S2.CH4/c1-22-5-15-28(16-6-22)39(37)35-27-13-9-23(10-14-27)30-29(4-2-3-21-36)38-32(25-7-11-26(33)12-8-25)31(30)24-17-19-34-20-18-24;/h5-20,35-36H,3,21H2,1H3;1H4. The van der Waals surface area contributed by atoms with Crippen LogP contribution in [0.5, 0.6) is 0 Å². The SMILES string of the molecule is C.Cc1ccc(S(=O)Nc2ccc(-c3c(C#CCCO)sc(-c4ccc(F)cc4)c3-c3ccncc3)cc2)cc1. The Morgan fingerprint density at radius 1 is 0.875 bits per heavy atom. The van der Waals surface area contributed by atoms with E-state index in [4.69, 9.17) is 0 Å². The number of aryl methyl sites for hydroxylation is 1. The van der Waals surface area contributed by atoms with Crippen LogP contribution in [0.15, 0.2) is 102 Å². The number of hydrogen-bond donors (Lipinski definition) is 2. The molecule has 1 unspecified atom stereocenters. The van der Waals surface area contributed by atoms with Crippen molar-refractivity contribution >= 4 is 28.0 Å². The zero-order chi connectivity index (χ0) is 27.2. The first-order chi connectivity index (χ1) is 19.0. The van der Waals surface area contributed by atoms with Gasteiger partial charge in [0.15, 0.2) is 0 Å². The maximum Gasteiger partial charge on any atom is 0.150 e. The fraction of sp³-hybridized carbons (Fsp3) is 0.121. The molecule has 40 heavy (non-hydrogen) atoms. The highest BCUT2D eigenvalue weighted by molar-refractivity contribution is 7.86. The zero-order valence-corrected chi connectivity index (χ0v) is 22.8. The first-order valence-electron chi connectivity index (χ1n) is 12.3. The molecule has 202 valence electrons. The van der Waals surface area contributed by atoms with Crippen LogP contribution >= 0.6 is 11.3 Å². The molecule has 0 aliphatic carbocycles. The molecule has 0 amide bonds. The van der Waals surface area contributed by atoms with Crippen LogP contribution < -0.4 is 4.72 Å². The molecule has 4 nitrogen and oxygen atoms in total. The summed E-state index contributed by atoms with van der Waals surface area (Å²) in [6.07, 6.45) is 3.85. The normalized spacial score (nSPS) is 11.2. The second-order valence-corrected chi connectivity index (χ2v) is 11.0. The summed E-state index contributed by atoms with van der Waals surface area (Å²) in [5.41, 5.74) is 6.55. The average molecular weight is 569 g/mol. The number of aliphatic hydroxyl groups is 1. The monoisotopic (exact) mass is 568 g/mol. The van der Waals surface area contributed by atoms with E-state index in [0.29, 0.717) is 11.3 Å². The number of hydrogen-bond acceptors (Lipinski definition) is 4. The summed E-state index contributed by atoms with van der Waals surface area (Å²) in [5, 5.41) is 9.30. The number of aliphatic hydroxyl groups excluding tert-OH is 1. The smallest absolute Gasteiger partial charge is 0.150 e. The number of benzene rings is 3. The van der Waals surface area contributed by atoms with Gasteiger partial charge in [0.1, 0.15) is 16.8 Å². The van der Waals surface area contributed by atoms with E-state index in [0.717, 1.165) is 48.8 Å². The van der Waals surface area contributed by atoms with Gasteiger partial charge in [-0.15, -0.1) is 11.3 Å². The van der Waals surface area contributed by atoms with Crippen molar-refractivity contribution in [2.24, 2.45) is 0 Å². The van der Waals surface area contributed by atoms with E-state index in [1.54, 1.807) is 24.5 Å². The minimum Gasteiger partial charge on any atom is -0.395 e. The van der Waals surface area contributed by atoms with E-state index >= 15 is 0 Å². The molecule has 0 aliphatic heterocycles. The van der Waals surface area contributed by atoms with E-state index < -0.39 is 11.0 Å². The third-order valence-electron chi connectivity index (χ3n) is 6.04. The van der Waals surface area contributed by atoms with E-state index in [1.807, 2.05) is 67.6 Å². The minimum absolute atomic E-state index is 0. The molecule has 0 radical (unpaired) electrons. The van der Waals surface area contributed by atoms with Gasteiger partial charge in [-0.3, -0.25) is 4.98 Å². The van der Waals surface area contributed by atoms with Gasteiger partial charge in [0.2, 0.25) is 0 Å². The maximum atomic E-state index is 13.8. The molecule has 3 aromatic carbocycles. The lowest BCUT2D eigenvalue weighted by Gasteiger charge is -2.11. The lowest BCUT2D eigenvalue weighted by Crippen LogP contribution is -2.04. The Morgan fingerprint density at radius 3 is 2.15 bits per heavy atom. The number of nitrogens with one attached hydrogen (secondary N) is 1. The van der Waals surface area contributed by atoms with Crippen molar-refractivity contribution in [1.82, 2.24) is 4.98 Å². The van der Waals surface area contributed by atoms with Crippen molar-refractivity contribution in [3.05, 3.63) is 114 Å². The Balaban J connectivity index is 0.00000370. The molecule has 0 saturated carbocycles. The number of thiophene rings is 1. The summed E-state index contributed by atoms with van der Waals surface area (Å²) in [6.45, 7) is 1.97. The lowest BCUT2D eigenvalue weighted by atomic mass is 9.93. The largest absolute Gasteiger partial charge is 0.395 e. The molecule has 0 bridgehead atoms. The van der Waals surface area contributed by atoms with E-state index in [9.17, 15) is 13.7 Å². The number of aromatic nitrogens is 1. The number of rotatable bonds is 7. The number of pyridine rings is 1. The summed E-state index contributed by atoms with van der Waals surface area (Å²) in [4.78, 5) is 6.70. The molecule has 2 N–H and O–H groups in total. The average Bonchev–Trinajstić information content (AvgIpc) is 3.34. The highest BCUT2D eigenvalue weighted by Crippen LogP contribution is 2.47. The molecule has 7 heteroatoms. The van der Waals surface area contributed by atoms with Crippen LogP contribution in [-0.2, 0) is 11.0 Å². The first-order valence-corrected chi connectivity index (χ1v) is 14.3. The first kappa shape index (κ1) is 28.9. The Labute approximate surface area is 241 Å². The molecule has 0 fully saturated rings. The summed E-state index contributed by atoms with van der Waals surface area (Å²) in [7, 11) is -1.39. The zero-order valence-electron chi connectivity index (χ0n) is 21.1. The van der Waals surface area contributed by atoms with E-state index in [2.05, 4.69) is 21.5 Å². The number of halogens is 1. The van der Waals surface area contributed by atoms with Crippen LogP contribution in [0.4, 0.5) is 10.1 Å². The molecule has 0 aliphatic rings. The van der Waals surface area contributed by atoms with Gasteiger partial charge in [-0.25, -0.2) is 8.60 Å². The van der Waals surface area contributed by atoms with Crippen molar-refractivity contribution in [2.75, 3.05) is 11.3 Å². The molecule has 0 spiro atoms. The van der Waals surface area contributed by atoms with Gasteiger partial charge in [-0.05, 0) is 72.1 Å². The molecule has 2 aromatic heterocycles. The van der Waals surface area contributed by atoms with Gasteiger partial charge < -0.3 is 9.83 Å². The van der Waals surface area contributed by atoms with Crippen molar-refractivity contribution in [3.63, 3.8) is 0 Å². The Bertz CT molecular complexity index is 1650. The highest BCUT2D eigenvalue weighted by Gasteiger charge is 2.21.